The van der Waals surface area contributed by atoms with Crippen LogP contribution in [0.2, 0.25) is 0 Å². The lowest BCUT2D eigenvalue weighted by Gasteiger charge is -2.12. The van der Waals surface area contributed by atoms with E-state index in [1.54, 1.807) is 25.2 Å². The van der Waals surface area contributed by atoms with E-state index in [-0.39, 0.29) is 22.8 Å². The lowest BCUT2D eigenvalue weighted by atomic mass is 10.1. The predicted octanol–water partition coefficient (Wildman–Crippen LogP) is 3.39. The highest BCUT2D eigenvalue weighted by Crippen LogP contribution is 2.29. The molecule has 0 radical (unpaired) electrons. The maximum atomic E-state index is 14.4. The quantitative estimate of drug-likeness (QED) is 0.609. The molecule has 1 N–H and O–H groups in total. The van der Waals surface area contributed by atoms with Crippen LogP contribution in [0, 0.1) is 23.5 Å². The van der Waals surface area contributed by atoms with Crippen molar-refractivity contribution in [1.29, 1.82) is 0 Å². The summed E-state index contributed by atoms with van der Waals surface area (Å²) in [7, 11) is -0.837. The van der Waals surface area contributed by atoms with Gasteiger partial charge >= 0.3 is 0 Å². The highest BCUT2D eigenvalue weighted by Gasteiger charge is 2.23. The van der Waals surface area contributed by atoms with E-state index >= 15 is 0 Å². The van der Waals surface area contributed by atoms with Gasteiger partial charge in [-0.3, -0.25) is 0 Å². The molecule has 3 aromatic rings. The molecule has 5 nitrogen and oxygen atoms in total. The Labute approximate surface area is 174 Å². The standard InChI is InChI=1S/C22H20F2N2O3S/c1-25-14-17-12-22(20-9-8-18(23)13-21(20)24)26(15-17)30(27,28)19-7-3-5-16(11-19)6-4-10-29-2/h3,5,7-9,11-13,15,25H,10,14H2,1-2H3. The van der Waals surface area contributed by atoms with Crippen LogP contribution in [-0.2, 0) is 21.3 Å². The van der Waals surface area contributed by atoms with Crippen LogP contribution < -0.4 is 5.32 Å². The smallest absolute Gasteiger partial charge is 0.268 e. The van der Waals surface area contributed by atoms with Gasteiger partial charge in [-0.25, -0.2) is 21.2 Å². The minimum absolute atomic E-state index is 0.00194. The van der Waals surface area contributed by atoms with Crippen LogP contribution in [0.1, 0.15) is 11.1 Å². The van der Waals surface area contributed by atoms with Gasteiger partial charge in [0.05, 0.1) is 10.6 Å². The summed E-state index contributed by atoms with van der Waals surface area (Å²) in [4.78, 5) is 0.00194. The number of hydrogen-bond donors (Lipinski definition) is 1. The van der Waals surface area contributed by atoms with Crippen LogP contribution in [0.5, 0.6) is 0 Å². The van der Waals surface area contributed by atoms with Crippen molar-refractivity contribution in [3.8, 4) is 23.1 Å². The molecule has 156 valence electrons. The summed E-state index contributed by atoms with van der Waals surface area (Å²) in [6, 6.07) is 10.8. The molecular weight excluding hydrogens is 410 g/mol. The molecule has 0 spiro atoms. The summed E-state index contributed by atoms with van der Waals surface area (Å²) in [5, 5.41) is 2.94. The lowest BCUT2D eigenvalue weighted by Crippen LogP contribution is -2.14. The van der Waals surface area contributed by atoms with Crippen LogP contribution in [0.25, 0.3) is 11.3 Å². The van der Waals surface area contributed by atoms with Gasteiger partial charge in [-0.05, 0) is 49.0 Å². The molecule has 8 heteroatoms. The second kappa shape index (κ2) is 9.22. The highest BCUT2D eigenvalue weighted by molar-refractivity contribution is 7.90. The third-order valence-electron chi connectivity index (χ3n) is 4.27. The van der Waals surface area contributed by atoms with Gasteiger partial charge in [-0.2, -0.15) is 0 Å². The third kappa shape index (κ3) is 4.60. The van der Waals surface area contributed by atoms with Crippen molar-refractivity contribution in [2.24, 2.45) is 0 Å². The average molecular weight is 430 g/mol. The number of benzene rings is 2. The monoisotopic (exact) mass is 430 g/mol. The van der Waals surface area contributed by atoms with Gasteiger partial charge in [-0.1, -0.05) is 17.9 Å². The van der Waals surface area contributed by atoms with Crippen LogP contribution >= 0.6 is 0 Å². The Morgan fingerprint density at radius 3 is 2.63 bits per heavy atom. The van der Waals surface area contributed by atoms with E-state index in [1.165, 1.54) is 31.5 Å². The van der Waals surface area contributed by atoms with Gasteiger partial charge < -0.3 is 10.1 Å². The average Bonchev–Trinajstić information content (AvgIpc) is 3.13. The molecule has 3 rings (SSSR count). The molecule has 1 heterocycles. The van der Waals surface area contributed by atoms with Gasteiger partial charge in [0.25, 0.3) is 10.0 Å². The number of aromatic nitrogens is 1. The van der Waals surface area contributed by atoms with E-state index in [9.17, 15) is 17.2 Å². The summed E-state index contributed by atoms with van der Waals surface area (Å²) in [6.45, 7) is 0.594. The lowest BCUT2D eigenvalue weighted by molar-refractivity contribution is 0.240. The fourth-order valence-electron chi connectivity index (χ4n) is 2.95. The number of hydrogen-bond acceptors (Lipinski definition) is 4. The Kier molecular flexibility index (Phi) is 6.67. The summed E-state index contributed by atoms with van der Waals surface area (Å²) in [5.74, 6) is 4.02. The van der Waals surface area contributed by atoms with Crippen molar-refractivity contribution in [3.05, 3.63) is 77.5 Å². The van der Waals surface area contributed by atoms with Crippen LogP contribution in [0.3, 0.4) is 0 Å². The fourth-order valence-corrected chi connectivity index (χ4v) is 4.39. The molecule has 2 aromatic carbocycles. The number of nitrogens with zero attached hydrogens (tertiary/aromatic N) is 1. The molecule has 0 atom stereocenters. The van der Waals surface area contributed by atoms with E-state index < -0.39 is 21.7 Å². The molecule has 0 amide bonds. The van der Waals surface area contributed by atoms with E-state index in [4.69, 9.17) is 4.74 Å². The van der Waals surface area contributed by atoms with E-state index in [1.807, 2.05) is 0 Å². The molecule has 0 unspecified atom stereocenters. The Morgan fingerprint density at radius 1 is 1.13 bits per heavy atom. The number of rotatable bonds is 6. The van der Waals surface area contributed by atoms with Crippen molar-refractivity contribution in [3.63, 3.8) is 0 Å². The van der Waals surface area contributed by atoms with Gasteiger partial charge in [0, 0.05) is 37.0 Å². The number of ether oxygens (including phenoxy) is 1. The molecular formula is C22H20F2N2O3S. The van der Waals surface area contributed by atoms with Gasteiger partial charge in [-0.15, -0.1) is 0 Å². The number of nitrogens with one attached hydrogen (secondary N) is 1. The third-order valence-corrected chi connectivity index (χ3v) is 5.94. The Morgan fingerprint density at radius 2 is 1.93 bits per heavy atom. The molecule has 30 heavy (non-hydrogen) atoms. The highest BCUT2D eigenvalue weighted by atomic mass is 32.2. The number of halogens is 2. The first-order valence-electron chi connectivity index (χ1n) is 9.01. The van der Waals surface area contributed by atoms with Crippen LogP contribution in [0.15, 0.2) is 59.6 Å². The zero-order valence-electron chi connectivity index (χ0n) is 16.4. The second-order valence-corrected chi connectivity index (χ2v) is 8.27. The maximum absolute atomic E-state index is 14.4. The van der Waals surface area contributed by atoms with E-state index in [0.717, 1.165) is 16.1 Å². The summed E-state index contributed by atoms with van der Waals surface area (Å²) >= 11 is 0. The number of methoxy groups -OCH3 is 1. The summed E-state index contributed by atoms with van der Waals surface area (Å²) in [6.07, 6.45) is 1.42. The van der Waals surface area contributed by atoms with E-state index in [0.29, 0.717) is 17.7 Å². The first-order valence-corrected chi connectivity index (χ1v) is 10.5. The molecule has 0 aliphatic carbocycles. The summed E-state index contributed by atoms with van der Waals surface area (Å²) < 4.78 is 60.5. The topological polar surface area (TPSA) is 60.3 Å². The van der Waals surface area contributed by atoms with Gasteiger partial charge in [0.1, 0.15) is 18.2 Å². The minimum Gasteiger partial charge on any atom is -0.372 e. The van der Waals surface area contributed by atoms with Crippen molar-refractivity contribution in [2.45, 2.75) is 11.4 Å². The van der Waals surface area contributed by atoms with Crippen molar-refractivity contribution in [2.75, 3.05) is 20.8 Å². The van der Waals surface area contributed by atoms with E-state index in [2.05, 4.69) is 17.2 Å². The molecule has 1 aromatic heterocycles. The Hall–Kier alpha value is -2.99. The first kappa shape index (κ1) is 21.7. The zero-order valence-corrected chi connectivity index (χ0v) is 17.3. The van der Waals surface area contributed by atoms with Crippen molar-refractivity contribution in [1.82, 2.24) is 9.29 Å². The summed E-state index contributed by atoms with van der Waals surface area (Å²) in [5.41, 5.74) is 1.23. The fraction of sp³-hybridized carbons (Fsp3) is 0.182. The maximum Gasteiger partial charge on any atom is 0.268 e. The zero-order chi connectivity index (χ0) is 21.7. The van der Waals surface area contributed by atoms with Crippen LogP contribution in [0.4, 0.5) is 8.78 Å². The second-order valence-electron chi connectivity index (χ2n) is 6.45. The molecule has 0 bridgehead atoms. The Bertz CT molecular complexity index is 1220. The predicted molar refractivity (Wildman–Crippen MR) is 110 cm³/mol. The van der Waals surface area contributed by atoms with Crippen molar-refractivity contribution >= 4 is 10.0 Å². The first-order chi connectivity index (χ1) is 14.4. The molecule has 0 fully saturated rings. The molecule has 0 aliphatic rings. The normalized spacial score (nSPS) is 11.2. The van der Waals surface area contributed by atoms with Gasteiger partial charge in [0.15, 0.2) is 0 Å². The van der Waals surface area contributed by atoms with Crippen molar-refractivity contribution < 1.29 is 21.9 Å². The Balaban J connectivity index is 2.14. The molecule has 0 saturated carbocycles. The van der Waals surface area contributed by atoms with Gasteiger partial charge in [0.2, 0.25) is 0 Å². The molecule has 0 aliphatic heterocycles. The SMILES string of the molecule is CNCc1cc(-c2ccc(F)cc2F)n(S(=O)(=O)c2cccc(C#CCOC)c2)c1. The molecule has 0 saturated heterocycles. The van der Waals surface area contributed by atoms with Crippen LogP contribution in [-0.4, -0.2) is 33.2 Å². The minimum atomic E-state index is -4.07. The largest absolute Gasteiger partial charge is 0.372 e.